The van der Waals surface area contributed by atoms with Crippen molar-refractivity contribution in [3.05, 3.63) is 0 Å². The molecule has 0 aromatic rings. The highest BCUT2D eigenvalue weighted by Crippen LogP contribution is 2.26. The highest BCUT2D eigenvalue weighted by Gasteiger charge is 2.36. The molecule has 0 aromatic carbocycles. The normalized spacial score (nSPS) is 31.5. The van der Waals surface area contributed by atoms with Crippen molar-refractivity contribution >= 4 is 0 Å². The van der Waals surface area contributed by atoms with Gasteiger partial charge in [0.05, 0.1) is 0 Å². The van der Waals surface area contributed by atoms with Crippen LogP contribution >= 0.6 is 0 Å². The molecule has 1 saturated heterocycles. The van der Waals surface area contributed by atoms with Crippen molar-refractivity contribution in [3.8, 4) is 0 Å². The van der Waals surface area contributed by atoms with E-state index in [-0.39, 0.29) is 0 Å². The Labute approximate surface area is 115 Å². The van der Waals surface area contributed by atoms with Gasteiger partial charge >= 0.3 is 0 Å². The molecule has 0 spiro atoms. The van der Waals surface area contributed by atoms with E-state index >= 15 is 0 Å². The molecule has 1 fully saturated rings. The van der Waals surface area contributed by atoms with Crippen molar-refractivity contribution in [2.45, 2.75) is 78.3 Å². The first-order chi connectivity index (χ1) is 8.57. The number of hydrogen-bond acceptors (Lipinski definition) is 2. The third-order valence-corrected chi connectivity index (χ3v) is 5.05. The van der Waals surface area contributed by atoms with Gasteiger partial charge in [0.25, 0.3) is 0 Å². The summed E-state index contributed by atoms with van der Waals surface area (Å²) >= 11 is 0. The van der Waals surface area contributed by atoms with Crippen LogP contribution in [0.2, 0.25) is 0 Å². The highest BCUT2D eigenvalue weighted by molar-refractivity contribution is 4.96. The second kappa shape index (κ2) is 7.49. The summed E-state index contributed by atoms with van der Waals surface area (Å²) in [5.74, 6) is 0.792. The number of piperazine rings is 1. The molecule has 0 bridgehead atoms. The highest BCUT2D eigenvalue weighted by atomic mass is 15.3. The van der Waals surface area contributed by atoms with Crippen LogP contribution in [0, 0.1) is 5.92 Å². The number of hydrogen-bond donors (Lipinski definition) is 1. The predicted molar refractivity (Wildman–Crippen MR) is 81.0 cm³/mol. The van der Waals surface area contributed by atoms with Crippen LogP contribution in [-0.4, -0.2) is 36.1 Å². The molecule has 2 heteroatoms. The lowest BCUT2D eigenvalue weighted by atomic mass is 9.87. The van der Waals surface area contributed by atoms with Crippen molar-refractivity contribution in [1.29, 1.82) is 0 Å². The van der Waals surface area contributed by atoms with Crippen LogP contribution in [0.1, 0.15) is 66.7 Å². The smallest absolute Gasteiger partial charge is 0.0303 e. The van der Waals surface area contributed by atoms with E-state index in [1.165, 1.54) is 45.2 Å². The molecule has 1 N–H and O–H groups in total. The summed E-state index contributed by atoms with van der Waals surface area (Å²) in [4.78, 5) is 2.76. The van der Waals surface area contributed by atoms with Crippen LogP contribution in [0.3, 0.4) is 0 Å². The van der Waals surface area contributed by atoms with Gasteiger partial charge in [0.1, 0.15) is 0 Å². The fourth-order valence-corrected chi connectivity index (χ4v) is 2.91. The lowest BCUT2D eigenvalue weighted by Gasteiger charge is -2.49. The maximum absolute atomic E-state index is 3.79. The van der Waals surface area contributed by atoms with Crippen molar-refractivity contribution in [2.75, 3.05) is 19.6 Å². The van der Waals surface area contributed by atoms with E-state index in [0.29, 0.717) is 11.6 Å². The molecule has 0 saturated carbocycles. The first kappa shape index (κ1) is 16.0. The summed E-state index contributed by atoms with van der Waals surface area (Å²) in [6.45, 7) is 15.4. The molecule has 0 radical (unpaired) electrons. The molecule has 3 atom stereocenters. The van der Waals surface area contributed by atoms with Crippen LogP contribution < -0.4 is 5.32 Å². The Morgan fingerprint density at radius 3 is 2.56 bits per heavy atom. The molecule has 1 aliphatic heterocycles. The third kappa shape index (κ3) is 3.96. The molecule has 18 heavy (non-hydrogen) atoms. The Kier molecular flexibility index (Phi) is 6.65. The van der Waals surface area contributed by atoms with Gasteiger partial charge in [-0.1, -0.05) is 47.0 Å². The van der Waals surface area contributed by atoms with Gasteiger partial charge in [-0.2, -0.15) is 0 Å². The van der Waals surface area contributed by atoms with Crippen molar-refractivity contribution in [2.24, 2.45) is 5.92 Å². The van der Waals surface area contributed by atoms with Gasteiger partial charge in [-0.15, -0.1) is 0 Å². The zero-order valence-electron chi connectivity index (χ0n) is 13.3. The molecule has 1 heterocycles. The van der Waals surface area contributed by atoms with Gasteiger partial charge in [-0.05, 0) is 32.2 Å². The number of nitrogens with zero attached hydrogens (tertiary/aromatic N) is 1. The minimum Gasteiger partial charge on any atom is -0.311 e. The zero-order chi connectivity index (χ0) is 13.6. The van der Waals surface area contributed by atoms with E-state index in [4.69, 9.17) is 0 Å². The molecule has 3 unspecified atom stereocenters. The summed E-state index contributed by atoms with van der Waals surface area (Å²) in [7, 11) is 0. The van der Waals surface area contributed by atoms with Gasteiger partial charge in [-0.3, -0.25) is 4.90 Å². The lowest BCUT2D eigenvalue weighted by Crippen LogP contribution is -2.64. The van der Waals surface area contributed by atoms with E-state index in [2.05, 4.69) is 44.8 Å². The van der Waals surface area contributed by atoms with Crippen LogP contribution in [-0.2, 0) is 0 Å². The van der Waals surface area contributed by atoms with E-state index in [9.17, 15) is 0 Å². The fraction of sp³-hybridized carbons (Fsp3) is 1.00. The molecule has 0 amide bonds. The number of rotatable bonds is 7. The molecule has 2 nitrogen and oxygen atoms in total. The van der Waals surface area contributed by atoms with Crippen molar-refractivity contribution in [1.82, 2.24) is 10.2 Å². The third-order valence-electron chi connectivity index (χ3n) is 5.05. The van der Waals surface area contributed by atoms with Crippen LogP contribution in [0.5, 0.6) is 0 Å². The van der Waals surface area contributed by atoms with Gasteiger partial charge in [0, 0.05) is 24.7 Å². The minimum absolute atomic E-state index is 0.373. The van der Waals surface area contributed by atoms with Gasteiger partial charge < -0.3 is 5.32 Å². The second-order valence-electron chi connectivity index (χ2n) is 6.38. The predicted octanol–water partition coefficient (Wildman–Crippen LogP) is 3.67. The Hall–Kier alpha value is -0.0800. The first-order valence-corrected chi connectivity index (χ1v) is 8.05. The fourth-order valence-electron chi connectivity index (χ4n) is 2.91. The largest absolute Gasteiger partial charge is 0.311 e. The summed E-state index contributed by atoms with van der Waals surface area (Å²) in [5, 5.41) is 3.79. The van der Waals surface area contributed by atoms with E-state index in [0.717, 1.165) is 12.5 Å². The van der Waals surface area contributed by atoms with Gasteiger partial charge in [0.15, 0.2) is 0 Å². The summed E-state index contributed by atoms with van der Waals surface area (Å²) in [6, 6.07) is 0.691. The van der Waals surface area contributed by atoms with Gasteiger partial charge in [-0.25, -0.2) is 0 Å². The number of nitrogens with one attached hydrogen (secondary N) is 1. The Bertz CT molecular complexity index is 229. The van der Waals surface area contributed by atoms with Crippen LogP contribution in [0.25, 0.3) is 0 Å². The topological polar surface area (TPSA) is 15.3 Å². The van der Waals surface area contributed by atoms with Crippen LogP contribution in [0.4, 0.5) is 0 Å². The molecule has 108 valence electrons. The van der Waals surface area contributed by atoms with E-state index in [1.54, 1.807) is 0 Å². The molecular weight excluding hydrogens is 220 g/mol. The summed E-state index contributed by atoms with van der Waals surface area (Å²) in [6.07, 6.45) is 6.59. The minimum atomic E-state index is 0.373. The van der Waals surface area contributed by atoms with Crippen molar-refractivity contribution in [3.63, 3.8) is 0 Å². The van der Waals surface area contributed by atoms with E-state index in [1.807, 2.05) is 0 Å². The standard InChI is InChI=1S/C16H34N2/c1-6-9-10-11-18-12-15(14(4)7-2)17-13-16(18,5)8-3/h14-15,17H,6-13H2,1-5H3. The van der Waals surface area contributed by atoms with E-state index < -0.39 is 0 Å². The number of unbranched alkanes of at least 4 members (excludes halogenated alkanes) is 2. The Morgan fingerprint density at radius 1 is 1.28 bits per heavy atom. The van der Waals surface area contributed by atoms with Crippen LogP contribution in [0.15, 0.2) is 0 Å². The summed E-state index contributed by atoms with van der Waals surface area (Å²) in [5.41, 5.74) is 0.373. The molecule has 0 aromatic heterocycles. The monoisotopic (exact) mass is 254 g/mol. The zero-order valence-corrected chi connectivity index (χ0v) is 13.3. The maximum Gasteiger partial charge on any atom is 0.0303 e. The molecule has 0 aliphatic carbocycles. The van der Waals surface area contributed by atoms with Crippen molar-refractivity contribution < 1.29 is 0 Å². The SMILES string of the molecule is CCCCCN1CC(C(C)CC)NCC1(C)CC. The second-order valence-corrected chi connectivity index (χ2v) is 6.38. The average Bonchev–Trinajstić information content (AvgIpc) is 2.40. The molecule has 1 aliphatic rings. The lowest BCUT2D eigenvalue weighted by molar-refractivity contribution is 0.0350. The van der Waals surface area contributed by atoms with Gasteiger partial charge in [0.2, 0.25) is 0 Å². The summed E-state index contributed by atoms with van der Waals surface area (Å²) < 4.78 is 0. The molecule has 1 rings (SSSR count). The quantitative estimate of drug-likeness (QED) is 0.697. The first-order valence-electron chi connectivity index (χ1n) is 8.05. The average molecular weight is 254 g/mol. The maximum atomic E-state index is 3.79. The molecular formula is C16H34N2. The Balaban J connectivity index is 2.58. The Morgan fingerprint density at radius 2 is 2.00 bits per heavy atom.